The van der Waals surface area contributed by atoms with Gasteiger partial charge in [-0.3, -0.25) is 0 Å². The van der Waals surface area contributed by atoms with Gasteiger partial charge in [0.15, 0.2) is 0 Å². The summed E-state index contributed by atoms with van der Waals surface area (Å²) in [5.74, 6) is 0.642. The molecule has 1 atom stereocenters. The first-order valence-corrected chi connectivity index (χ1v) is 3.47. The van der Waals surface area contributed by atoms with Gasteiger partial charge in [-0.1, -0.05) is 13.8 Å². The number of nitrogens with two attached hydrogens (primary N) is 2. The molecular formula is C7H18N2Pt. The Kier molecular flexibility index (Phi) is 6.98. The molecule has 10 heavy (non-hydrogen) atoms. The van der Waals surface area contributed by atoms with E-state index in [2.05, 4.69) is 13.8 Å². The zero-order valence-electron chi connectivity index (χ0n) is 6.96. The molecule has 2 nitrogen and oxygen atoms in total. The van der Waals surface area contributed by atoms with Gasteiger partial charge < -0.3 is 11.5 Å². The third kappa shape index (κ3) is 6.72. The molecule has 4 N–H and O–H groups in total. The molecule has 1 unspecified atom stereocenters. The third-order valence-corrected chi connectivity index (χ3v) is 1.34. The van der Waals surface area contributed by atoms with Gasteiger partial charge in [0.2, 0.25) is 0 Å². The van der Waals surface area contributed by atoms with E-state index in [1.54, 1.807) is 0 Å². The second-order valence-corrected chi connectivity index (χ2v) is 3.46. The Morgan fingerprint density at radius 1 is 1.40 bits per heavy atom. The Bertz CT molecular complexity index is 81.7. The Hall–Kier alpha value is 0.608. The van der Waals surface area contributed by atoms with Gasteiger partial charge in [0.25, 0.3) is 0 Å². The van der Waals surface area contributed by atoms with Gasteiger partial charge in [-0.25, -0.2) is 0 Å². The molecule has 0 aromatic rings. The third-order valence-electron chi connectivity index (χ3n) is 1.34. The van der Waals surface area contributed by atoms with Gasteiger partial charge >= 0.3 is 0 Å². The molecular weight excluding hydrogens is 307 g/mol. The minimum atomic E-state index is -0.159. The maximum absolute atomic E-state index is 5.79. The molecule has 0 aliphatic rings. The summed E-state index contributed by atoms with van der Waals surface area (Å²) in [5.41, 5.74) is 11.1. The SMILES string of the molecule is CC(C)CC(C)(N)CN.[Pt]. The van der Waals surface area contributed by atoms with E-state index in [1.807, 2.05) is 6.92 Å². The summed E-state index contributed by atoms with van der Waals surface area (Å²) in [6, 6.07) is 0. The van der Waals surface area contributed by atoms with E-state index >= 15 is 0 Å². The summed E-state index contributed by atoms with van der Waals surface area (Å²) in [5, 5.41) is 0. The van der Waals surface area contributed by atoms with Crippen molar-refractivity contribution in [1.82, 2.24) is 0 Å². The van der Waals surface area contributed by atoms with E-state index in [-0.39, 0.29) is 26.6 Å². The minimum Gasteiger partial charge on any atom is -0.329 e. The molecule has 0 aliphatic heterocycles. The summed E-state index contributed by atoms with van der Waals surface area (Å²) in [6.45, 7) is 6.87. The van der Waals surface area contributed by atoms with Crippen molar-refractivity contribution in [3.63, 3.8) is 0 Å². The zero-order valence-corrected chi connectivity index (χ0v) is 9.23. The van der Waals surface area contributed by atoms with Crippen molar-refractivity contribution in [2.75, 3.05) is 6.54 Å². The Morgan fingerprint density at radius 2 is 1.80 bits per heavy atom. The molecule has 66 valence electrons. The average Bonchev–Trinajstić information content (AvgIpc) is 1.63. The first-order chi connectivity index (χ1) is 3.98. The number of hydrogen-bond donors (Lipinski definition) is 2. The van der Waals surface area contributed by atoms with Gasteiger partial charge in [-0.05, 0) is 19.3 Å². The van der Waals surface area contributed by atoms with E-state index in [4.69, 9.17) is 11.5 Å². The summed E-state index contributed by atoms with van der Waals surface area (Å²) in [4.78, 5) is 0. The molecule has 0 aromatic carbocycles. The van der Waals surface area contributed by atoms with Crippen LogP contribution in [-0.2, 0) is 21.1 Å². The van der Waals surface area contributed by atoms with Crippen LogP contribution < -0.4 is 11.5 Å². The molecule has 0 saturated heterocycles. The smallest absolute Gasteiger partial charge is 0.0252 e. The van der Waals surface area contributed by atoms with Crippen molar-refractivity contribution in [2.45, 2.75) is 32.7 Å². The van der Waals surface area contributed by atoms with Crippen molar-refractivity contribution in [2.24, 2.45) is 17.4 Å². The van der Waals surface area contributed by atoms with Crippen LogP contribution in [0.4, 0.5) is 0 Å². The molecule has 0 radical (unpaired) electrons. The topological polar surface area (TPSA) is 52.0 Å². The molecule has 0 spiro atoms. The molecule has 0 heterocycles. The minimum absolute atomic E-state index is 0. The molecule has 0 bridgehead atoms. The van der Waals surface area contributed by atoms with Gasteiger partial charge in [0.1, 0.15) is 0 Å². The van der Waals surface area contributed by atoms with Crippen LogP contribution in [0, 0.1) is 5.92 Å². The van der Waals surface area contributed by atoms with Crippen molar-refractivity contribution in [3.05, 3.63) is 0 Å². The van der Waals surface area contributed by atoms with E-state index in [0.717, 1.165) is 6.42 Å². The van der Waals surface area contributed by atoms with Crippen LogP contribution in [0.1, 0.15) is 27.2 Å². The van der Waals surface area contributed by atoms with Gasteiger partial charge in [-0.2, -0.15) is 0 Å². The van der Waals surface area contributed by atoms with Crippen LogP contribution in [0.25, 0.3) is 0 Å². The van der Waals surface area contributed by atoms with Crippen LogP contribution >= 0.6 is 0 Å². The molecule has 0 saturated carbocycles. The maximum atomic E-state index is 5.79. The van der Waals surface area contributed by atoms with Crippen LogP contribution in [0.15, 0.2) is 0 Å². The van der Waals surface area contributed by atoms with Crippen LogP contribution in [0.3, 0.4) is 0 Å². The summed E-state index contributed by atoms with van der Waals surface area (Å²) in [6.07, 6.45) is 1.00. The Morgan fingerprint density at radius 3 is 1.90 bits per heavy atom. The van der Waals surface area contributed by atoms with Crippen LogP contribution in [0.2, 0.25) is 0 Å². The maximum Gasteiger partial charge on any atom is 0.0252 e. The number of hydrogen-bond acceptors (Lipinski definition) is 2. The molecule has 0 rings (SSSR count). The Balaban J connectivity index is 0. The summed E-state index contributed by atoms with van der Waals surface area (Å²) in [7, 11) is 0. The van der Waals surface area contributed by atoms with E-state index in [9.17, 15) is 0 Å². The first kappa shape index (κ1) is 13.2. The van der Waals surface area contributed by atoms with E-state index < -0.39 is 0 Å². The monoisotopic (exact) mass is 325 g/mol. The van der Waals surface area contributed by atoms with Crippen molar-refractivity contribution < 1.29 is 21.1 Å². The molecule has 0 aliphatic carbocycles. The second kappa shape index (κ2) is 5.28. The first-order valence-electron chi connectivity index (χ1n) is 3.47. The summed E-state index contributed by atoms with van der Waals surface area (Å²) < 4.78 is 0. The zero-order chi connectivity index (χ0) is 7.49. The molecule has 0 amide bonds. The Labute approximate surface area is 78.0 Å². The van der Waals surface area contributed by atoms with Gasteiger partial charge in [0, 0.05) is 33.1 Å². The van der Waals surface area contributed by atoms with Crippen LogP contribution in [-0.4, -0.2) is 12.1 Å². The van der Waals surface area contributed by atoms with Crippen molar-refractivity contribution in [1.29, 1.82) is 0 Å². The van der Waals surface area contributed by atoms with E-state index in [0.29, 0.717) is 12.5 Å². The number of rotatable bonds is 3. The van der Waals surface area contributed by atoms with Crippen molar-refractivity contribution in [3.8, 4) is 0 Å². The van der Waals surface area contributed by atoms with Gasteiger partial charge in [-0.15, -0.1) is 0 Å². The molecule has 0 aromatic heterocycles. The second-order valence-electron chi connectivity index (χ2n) is 3.46. The standard InChI is InChI=1S/C7H18N2.Pt/c1-6(2)4-7(3,9)5-8;/h6H,4-5,8-9H2,1-3H3;. The largest absolute Gasteiger partial charge is 0.329 e. The normalized spacial score (nSPS) is 16.2. The predicted octanol–water partition coefficient (Wildman–Crippen LogP) is 0.706. The van der Waals surface area contributed by atoms with Crippen molar-refractivity contribution >= 4 is 0 Å². The molecule has 0 fully saturated rings. The average molecular weight is 325 g/mol. The quantitative estimate of drug-likeness (QED) is 0.803. The van der Waals surface area contributed by atoms with Gasteiger partial charge in [0.05, 0.1) is 0 Å². The van der Waals surface area contributed by atoms with E-state index in [1.165, 1.54) is 0 Å². The fraction of sp³-hybridized carbons (Fsp3) is 1.00. The van der Waals surface area contributed by atoms with Crippen LogP contribution in [0.5, 0.6) is 0 Å². The fourth-order valence-electron chi connectivity index (χ4n) is 1.02. The fourth-order valence-corrected chi connectivity index (χ4v) is 1.02. The molecule has 3 heteroatoms. The summed E-state index contributed by atoms with van der Waals surface area (Å²) >= 11 is 0. The predicted molar refractivity (Wildman–Crippen MR) is 41.1 cm³/mol.